The van der Waals surface area contributed by atoms with Gasteiger partial charge in [-0.25, -0.2) is 9.59 Å². The molecule has 3 amide bonds. The number of urea groups is 1. The van der Waals surface area contributed by atoms with Gasteiger partial charge in [0, 0.05) is 30.4 Å². The molecule has 0 atom stereocenters. The van der Waals surface area contributed by atoms with Gasteiger partial charge in [0.1, 0.15) is 0 Å². The highest BCUT2D eigenvalue weighted by molar-refractivity contribution is 6.32. The summed E-state index contributed by atoms with van der Waals surface area (Å²) >= 11 is 6.05. The van der Waals surface area contributed by atoms with Gasteiger partial charge in [0.25, 0.3) is 0 Å². The predicted molar refractivity (Wildman–Crippen MR) is 90.2 cm³/mol. The molecule has 23 heavy (non-hydrogen) atoms. The van der Waals surface area contributed by atoms with Crippen LogP contribution in [0, 0.1) is 0 Å². The van der Waals surface area contributed by atoms with E-state index in [9.17, 15) is 9.59 Å². The molecule has 0 unspecified atom stereocenters. The highest BCUT2D eigenvalue weighted by Gasteiger charge is 2.19. The molecule has 6 nitrogen and oxygen atoms in total. The number of anilines is 1. The van der Waals surface area contributed by atoms with Crippen LogP contribution in [0.2, 0.25) is 5.02 Å². The first-order chi connectivity index (χ1) is 10.7. The maximum absolute atomic E-state index is 12.1. The van der Waals surface area contributed by atoms with Gasteiger partial charge in [-0.05, 0) is 45.7 Å². The van der Waals surface area contributed by atoms with Gasteiger partial charge in [0.15, 0.2) is 5.75 Å². The van der Waals surface area contributed by atoms with Crippen molar-refractivity contribution in [3.63, 3.8) is 0 Å². The molecule has 2 N–H and O–H groups in total. The Balaban J connectivity index is 2.03. The van der Waals surface area contributed by atoms with Crippen molar-refractivity contribution in [1.82, 2.24) is 10.2 Å². The summed E-state index contributed by atoms with van der Waals surface area (Å²) < 4.78 is 5.22. The van der Waals surface area contributed by atoms with Gasteiger partial charge in [-0.3, -0.25) is 0 Å². The molecule has 1 aliphatic heterocycles. The monoisotopic (exact) mass is 339 g/mol. The molecule has 0 spiro atoms. The van der Waals surface area contributed by atoms with E-state index in [0.717, 1.165) is 25.9 Å². The van der Waals surface area contributed by atoms with Crippen molar-refractivity contribution in [2.75, 3.05) is 18.4 Å². The Labute approximate surface area is 141 Å². The van der Waals surface area contributed by atoms with Gasteiger partial charge in [0.05, 0.1) is 5.02 Å². The second-order valence-corrected chi connectivity index (χ2v) is 6.94. The van der Waals surface area contributed by atoms with Crippen molar-refractivity contribution in [2.24, 2.45) is 0 Å². The van der Waals surface area contributed by atoms with E-state index in [4.69, 9.17) is 16.3 Å². The zero-order valence-electron chi connectivity index (χ0n) is 13.6. The molecule has 1 fully saturated rings. The van der Waals surface area contributed by atoms with E-state index in [2.05, 4.69) is 10.6 Å². The fourth-order valence-corrected chi connectivity index (χ4v) is 2.37. The Morgan fingerprint density at radius 3 is 2.48 bits per heavy atom. The van der Waals surface area contributed by atoms with E-state index in [1.165, 1.54) is 0 Å². The Morgan fingerprint density at radius 1 is 1.22 bits per heavy atom. The second kappa shape index (κ2) is 7.08. The van der Waals surface area contributed by atoms with Crippen molar-refractivity contribution in [3.05, 3.63) is 23.2 Å². The van der Waals surface area contributed by atoms with Crippen LogP contribution >= 0.6 is 11.6 Å². The van der Waals surface area contributed by atoms with E-state index in [1.54, 1.807) is 23.1 Å². The third-order valence-electron chi connectivity index (χ3n) is 3.26. The number of likely N-dealkylation sites (tertiary alicyclic amines) is 1. The number of benzene rings is 1. The van der Waals surface area contributed by atoms with Crippen LogP contribution in [0.25, 0.3) is 0 Å². The third kappa shape index (κ3) is 5.32. The minimum Gasteiger partial charge on any atom is -0.409 e. The molecular formula is C16H22ClN3O3. The zero-order chi connectivity index (χ0) is 17.0. The van der Waals surface area contributed by atoms with Crippen molar-refractivity contribution in [3.8, 4) is 5.75 Å². The number of hydrogen-bond acceptors (Lipinski definition) is 3. The summed E-state index contributed by atoms with van der Waals surface area (Å²) in [7, 11) is 0. The van der Waals surface area contributed by atoms with Crippen molar-refractivity contribution in [2.45, 2.75) is 39.2 Å². The SMILES string of the molecule is CC(C)(C)NC(=O)Oc1cc(NC(=O)N2CCCC2)ccc1Cl. The maximum Gasteiger partial charge on any atom is 0.413 e. The first-order valence-corrected chi connectivity index (χ1v) is 7.98. The molecule has 1 heterocycles. The highest BCUT2D eigenvalue weighted by Crippen LogP contribution is 2.28. The molecule has 1 aromatic rings. The topological polar surface area (TPSA) is 70.7 Å². The molecule has 1 saturated heterocycles. The number of hydrogen-bond donors (Lipinski definition) is 2. The van der Waals surface area contributed by atoms with Crippen LogP contribution in [0.3, 0.4) is 0 Å². The minimum atomic E-state index is -0.595. The molecule has 2 rings (SSSR count). The van der Waals surface area contributed by atoms with Crippen LogP contribution in [0.4, 0.5) is 15.3 Å². The number of carbonyl (C=O) groups excluding carboxylic acids is 2. The summed E-state index contributed by atoms with van der Waals surface area (Å²) in [5.74, 6) is 0.202. The van der Waals surface area contributed by atoms with Crippen molar-refractivity contribution >= 4 is 29.4 Å². The Morgan fingerprint density at radius 2 is 1.87 bits per heavy atom. The molecular weight excluding hydrogens is 318 g/mol. The predicted octanol–water partition coefficient (Wildman–Crippen LogP) is 3.85. The number of nitrogens with zero attached hydrogens (tertiary/aromatic N) is 1. The van der Waals surface area contributed by atoms with Gasteiger partial charge >= 0.3 is 12.1 Å². The number of amides is 3. The zero-order valence-corrected chi connectivity index (χ0v) is 14.4. The minimum absolute atomic E-state index is 0.157. The Bertz CT molecular complexity index is 593. The summed E-state index contributed by atoms with van der Waals surface area (Å²) in [6, 6.07) is 4.64. The number of nitrogens with one attached hydrogen (secondary N) is 2. The van der Waals surface area contributed by atoms with Crippen molar-refractivity contribution in [1.29, 1.82) is 0 Å². The smallest absolute Gasteiger partial charge is 0.409 e. The van der Waals surface area contributed by atoms with Gasteiger partial charge in [0.2, 0.25) is 0 Å². The lowest BCUT2D eigenvalue weighted by Crippen LogP contribution is -2.42. The fraction of sp³-hybridized carbons (Fsp3) is 0.500. The second-order valence-electron chi connectivity index (χ2n) is 6.53. The number of carbonyl (C=O) groups is 2. The number of ether oxygens (including phenoxy) is 1. The maximum atomic E-state index is 12.1. The van der Waals surface area contributed by atoms with E-state index in [0.29, 0.717) is 10.7 Å². The van der Waals surface area contributed by atoms with Crippen LogP contribution in [0.5, 0.6) is 5.75 Å². The quantitative estimate of drug-likeness (QED) is 0.859. The first kappa shape index (κ1) is 17.4. The average Bonchev–Trinajstić information content (AvgIpc) is 2.94. The summed E-state index contributed by atoms with van der Waals surface area (Å²) in [5.41, 5.74) is 0.121. The molecule has 0 aromatic heterocycles. The van der Waals surface area contributed by atoms with Crippen LogP contribution in [-0.2, 0) is 0 Å². The van der Waals surface area contributed by atoms with Crippen LogP contribution in [0.1, 0.15) is 33.6 Å². The number of rotatable bonds is 2. The van der Waals surface area contributed by atoms with E-state index >= 15 is 0 Å². The van der Waals surface area contributed by atoms with Gasteiger partial charge < -0.3 is 20.3 Å². The Hall–Kier alpha value is -1.95. The molecule has 0 aliphatic carbocycles. The summed E-state index contributed by atoms with van der Waals surface area (Å²) in [6.45, 7) is 7.07. The lowest BCUT2D eigenvalue weighted by atomic mass is 10.1. The normalized spacial score (nSPS) is 14.5. The molecule has 1 aromatic carbocycles. The largest absolute Gasteiger partial charge is 0.413 e. The Kier molecular flexibility index (Phi) is 5.36. The standard InChI is InChI=1S/C16H22ClN3O3/c1-16(2,3)19-15(22)23-13-10-11(6-7-12(13)17)18-14(21)20-8-4-5-9-20/h6-7,10H,4-5,8-9H2,1-3H3,(H,18,21)(H,19,22). The molecule has 0 bridgehead atoms. The van der Waals surface area contributed by atoms with E-state index < -0.39 is 11.6 Å². The average molecular weight is 340 g/mol. The molecule has 0 radical (unpaired) electrons. The molecule has 1 aliphatic rings. The van der Waals surface area contributed by atoms with Crippen LogP contribution in [-0.4, -0.2) is 35.7 Å². The fourth-order valence-electron chi connectivity index (χ4n) is 2.21. The van der Waals surface area contributed by atoms with E-state index in [-0.39, 0.29) is 11.8 Å². The summed E-state index contributed by atoms with van der Waals surface area (Å²) in [6.07, 6.45) is 1.45. The number of halogens is 1. The summed E-state index contributed by atoms with van der Waals surface area (Å²) in [4.78, 5) is 25.7. The molecule has 0 saturated carbocycles. The lowest BCUT2D eigenvalue weighted by molar-refractivity contribution is 0.190. The van der Waals surface area contributed by atoms with Gasteiger partial charge in [-0.15, -0.1) is 0 Å². The third-order valence-corrected chi connectivity index (χ3v) is 3.57. The molecule has 126 valence electrons. The van der Waals surface area contributed by atoms with Gasteiger partial charge in [-0.2, -0.15) is 0 Å². The van der Waals surface area contributed by atoms with Crippen molar-refractivity contribution < 1.29 is 14.3 Å². The van der Waals surface area contributed by atoms with Crippen LogP contribution < -0.4 is 15.4 Å². The van der Waals surface area contributed by atoms with Gasteiger partial charge in [-0.1, -0.05) is 11.6 Å². The summed E-state index contributed by atoms with van der Waals surface area (Å²) in [5, 5.41) is 5.77. The van der Waals surface area contributed by atoms with E-state index in [1.807, 2.05) is 20.8 Å². The first-order valence-electron chi connectivity index (χ1n) is 7.60. The highest BCUT2D eigenvalue weighted by atomic mass is 35.5. The molecule has 7 heteroatoms. The van der Waals surface area contributed by atoms with Crippen LogP contribution in [0.15, 0.2) is 18.2 Å². The lowest BCUT2D eigenvalue weighted by Gasteiger charge is -2.20.